The number of nitrogens with one attached hydrogen (secondary N) is 1. The van der Waals surface area contributed by atoms with E-state index in [2.05, 4.69) is 15.5 Å². The minimum absolute atomic E-state index is 0.426. The third-order valence-corrected chi connectivity index (χ3v) is 5.65. The van der Waals surface area contributed by atoms with E-state index in [-0.39, 0.29) is 0 Å². The molecule has 0 aliphatic rings. The molecule has 0 saturated heterocycles. The van der Waals surface area contributed by atoms with Crippen LogP contribution in [0.1, 0.15) is 11.3 Å². The van der Waals surface area contributed by atoms with Crippen molar-refractivity contribution < 1.29 is 17.7 Å². The van der Waals surface area contributed by atoms with Crippen LogP contribution >= 0.6 is 0 Å². The van der Waals surface area contributed by atoms with E-state index in [0.717, 1.165) is 28.8 Å². The Kier molecular flexibility index (Phi) is 5.82. The molecule has 0 bridgehead atoms. The summed E-state index contributed by atoms with van der Waals surface area (Å²) in [5.74, 6) is 0.562. The molecule has 0 aliphatic carbocycles. The number of hydrogen-bond acceptors (Lipinski definition) is 4. The molecular formula is C28H20F3N3O. The lowest BCUT2D eigenvalue weighted by Crippen LogP contribution is -2.04. The van der Waals surface area contributed by atoms with E-state index in [1.165, 1.54) is 12.3 Å². The number of aromatic nitrogens is 2. The summed E-state index contributed by atoms with van der Waals surface area (Å²) in [5, 5.41) is 7.39. The van der Waals surface area contributed by atoms with Gasteiger partial charge >= 0.3 is 6.18 Å². The van der Waals surface area contributed by atoms with Crippen molar-refractivity contribution in [3.05, 3.63) is 109 Å². The van der Waals surface area contributed by atoms with Crippen LogP contribution in [0.25, 0.3) is 33.6 Å². The largest absolute Gasteiger partial charge is 0.416 e. The molecule has 0 fully saturated rings. The van der Waals surface area contributed by atoms with Crippen molar-refractivity contribution in [1.29, 1.82) is 0 Å². The van der Waals surface area contributed by atoms with Gasteiger partial charge < -0.3 is 9.84 Å². The van der Waals surface area contributed by atoms with E-state index in [9.17, 15) is 13.2 Å². The predicted octanol–water partition coefficient (Wildman–Crippen LogP) is 8.14. The first-order valence-electron chi connectivity index (χ1n) is 10.9. The highest BCUT2D eigenvalue weighted by Crippen LogP contribution is 2.36. The number of nitrogens with zero attached hydrogens (tertiary/aromatic N) is 2. The summed E-state index contributed by atoms with van der Waals surface area (Å²) < 4.78 is 45.0. The Morgan fingerprint density at radius 2 is 1.40 bits per heavy atom. The van der Waals surface area contributed by atoms with Crippen molar-refractivity contribution in [1.82, 2.24) is 10.1 Å². The minimum Gasteiger partial charge on any atom is -0.354 e. The van der Waals surface area contributed by atoms with Gasteiger partial charge in [0.2, 0.25) is 0 Å². The van der Waals surface area contributed by atoms with E-state index < -0.39 is 11.7 Å². The summed E-state index contributed by atoms with van der Waals surface area (Å²) >= 11 is 0. The topological polar surface area (TPSA) is 51.0 Å². The van der Waals surface area contributed by atoms with E-state index >= 15 is 0 Å². The van der Waals surface area contributed by atoms with Gasteiger partial charge in [-0.2, -0.15) is 13.2 Å². The summed E-state index contributed by atoms with van der Waals surface area (Å²) in [7, 11) is 0. The summed E-state index contributed by atoms with van der Waals surface area (Å²) in [5.41, 5.74) is 5.24. The Bertz CT molecular complexity index is 1460. The first kappa shape index (κ1) is 22.4. The normalized spacial score (nSPS) is 11.4. The number of benzene rings is 3. The van der Waals surface area contributed by atoms with Crippen LogP contribution in [0.3, 0.4) is 0 Å². The number of halogens is 3. The standard InChI is InChI=1S/C28H20F3N3O/c1-18-26(27(35-34-18)21-12-10-20(11-13-21)19-6-3-2-4-7-19)33-25-15-23(16-32-17-25)22-8-5-9-24(14-22)28(29,30)31/h2-17,33H,1H3. The van der Waals surface area contributed by atoms with Gasteiger partial charge in [-0.1, -0.05) is 71.9 Å². The van der Waals surface area contributed by atoms with Crippen LogP contribution in [0.2, 0.25) is 0 Å². The van der Waals surface area contributed by atoms with Gasteiger partial charge in [-0.3, -0.25) is 4.98 Å². The molecule has 7 heteroatoms. The van der Waals surface area contributed by atoms with Crippen molar-refractivity contribution in [2.24, 2.45) is 0 Å². The van der Waals surface area contributed by atoms with Crippen molar-refractivity contribution in [3.63, 3.8) is 0 Å². The van der Waals surface area contributed by atoms with Gasteiger partial charge in [0.15, 0.2) is 5.76 Å². The Morgan fingerprint density at radius 1 is 0.714 bits per heavy atom. The fourth-order valence-electron chi connectivity index (χ4n) is 3.84. The van der Waals surface area contributed by atoms with E-state index in [1.807, 2.05) is 61.5 Å². The first-order valence-corrected chi connectivity index (χ1v) is 10.9. The maximum Gasteiger partial charge on any atom is 0.416 e. The molecule has 0 aliphatic heterocycles. The van der Waals surface area contributed by atoms with Crippen LogP contribution in [0.5, 0.6) is 0 Å². The minimum atomic E-state index is -4.41. The van der Waals surface area contributed by atoms with Crippen LogP contribution < -0.4 is 5.32 Å². The van der Waals surface area contributed by atoms with Crippen LogP contribution in [0.4, 0.5) is 24.5 Å². The lowest BCUT2D eigenvalue weighted by atomic mass is 10.0. The van der Waals surface area contributed by atoms with E-state index in [4.69, 9.17) is 4.52 Å². The average Bonchev–Trinajstić information content (AvgIpc) is 3.24. The zero-order valence-corrected chi connectivity index (χ0v) is 18.7. The zero-order chi connectivity index (χ0) is 24.4. The highest BCUT2D eigenvalue weighted by molar-refractivity contribution is 5.80. The first-order chi connectivity index (χ1) is 16.9. The fourth-order valence-corrected chi connectivity index (χ4v) is 3.84. The molecular weight excluding hydrogens is 451 g/mol. The number of alkyl halides is 3. The molecule has 0 radical (unpaired) electrons. The highest BCUT2D eigenvalue weighted by Gasteiger charge is 2.30. The van der Waals surface area contributed by atoms with Gasteiger partial charge in [0.05, 0.1) is 17.4 Å². The molecule has 4 nitrogen and oxygen atoms in total. The van der Waals surface area contributed by atoms with Crippen molar-refractivity contribution in [3.8, 4) is 33.6 Å². The second-order valence-electron chi connectivity index (χ2n) is 8.08. The number of aryl methyl sites for hydroxylation is 1. The molecule has 5 rings (SSSR count). The van der Waals surface area contributed by atoms with E-state index in [1.54, 1.807) is 18.3 Å². The maximum atomic E-state index is 13.1. The zero-order valence-electron chi connectivity index (χ0n) is 18.7. The monoisotopic (exact) mass is 471 g/mol. The van der Waals surface area contributed by atoms with Gasteiger partial charge in [0.1, 0.15) is 11.4 Å². The van der Waals surface area contributed by atoms with Gasteiger partial charge in [-0.05, 0) is 41.8 Å². The lowest BCUT2D eigenvalue weighted by Gasteiger charge is -2.11. The summed E-state index contributed by atoms with van der Waals surface area (Å²) in [6, 6.07) is 24.9. The van der Waals surface area contributed by atoms with Crippen LogP contribution in [0, 0.1) is 6.92 Å². The molecule has 5 aromatic rings. The molecule has 0 spiro atoms. The molecule has 35 heavy (non-hydrogen) atoms. The van der Waals surface area contributed by atoms with Crippen molar-refractivity contribution in [2.75, 3.05) is 5.32 Å². The van der Waals surface area contributed by atoms with Gasteiger partial charge in [-0.25, -0.2) is 0 Å². The van der Waals surface area contributed by atoms with E-state index in [0.29, 0.717) is 34.0 Å². The molecule has 3 aromatic carbocycles. The molecule has 0 saturated carbocycles. The number of anilines is 2. The fraction of sp³-hybridized carbons (Fsp3) is 0.0714. The molecule has 2 heterocycles. The molecule has 0 unspecified atom stereocenters. The average molecular weight is 471 g/mol. The van der Waals surface area contributed by atoms with Crippen molar-refractivity contribution in [2.45, 2.75) is 13.1 Å². The lowest BCUT2D eigenvalue weighted by molar-refractivity contribution is -0.137. The van der Waals surface area contributed by atoms with Gasteiger partial charge in [-0.15, -0.1) is 0 Å². The Labute approximate surface area is 200 Å². The van der Waals surface area contributed by atoms with Crippen LogP contribution in [-0.4, -0.2) is 10.1 Å². The second-order valence-corrected chi connectivity index (χ2v) is 8.08. The Morgan fingerprint density at radius 3 is 2.14 bits per heavy atom. The Hall–Kier alpha value is -4.39. The Balaban J connectivity index is 1.43. The van der Waals surface area contributed by atoms with Gasteiger partial charge in [0.25, 0.3) is 0 Å². The quantitative estimate of drug-likeness (QED) is 0.281. The summed E-state index contributed by atoms with van der Waals surface area (Å²) in [4.78, 5) is 4.22. The molecule has 1 N–H and O–H groups in total. The third-order valence-electron chi connectivity index (χ3n) is 5.65. The molecule has 0 amide bonds. The highest BCUT2D eigenvalue weighted by atomic mass is 19.4. The van der Waals surface area contributed by atoms with Crippen LogP contribution in [-0.2, 0) is 6.18 Å². The molecule has 0 atom stereocenters. The summed E-state index contributed by atoms with van der Waals surface area (Å²) in [6.07, 6.45) is -1.28. The maximum absolute atomic E-state index is 13.1. The summed E-state index contributed by atoms with van der Waals surface area (Å²) in [6.45, 7) is 1.82. The van der Waals surface area contributed by atoms with Crippen LogP contribution in [0.15, 0.2) is 102 Å². The van der Waals surface area contributed by atoms with Crippen molar-refractivity contribution >= 4 is 11.4 Å². The molecule has 174 valence electrons. The number of rotatable bonds is 5. The number of pyridine rings is 1. The van der Waals surface area contributed by atoms with Gasteiger partial charge in [0, 0.05) is 17.3 Å². The molecule has 2 aromatic heterocycles. The second kappa shape index (κ2) is 9.10. The predicted molar refractivity (Wildman–Crippen MR) is 130 cm³/mol. The smallest absolute Gasteiger partial charge is 0.354 e. The SMILES string of the molecule is Cc1noc(-c2ccc(-c3ccccc3)cc2)c1Nc1cncc(-c2cccc(C(F)(F)F)c2)c1. The third kappa shape index (κ3) is 4.80. The number of hydrogen-bond donors (Lipinski definition) is 1.